The van der Waals surface area contributed by atoms with Gasteiger partial charge in [-0.05, 0) is 6.07 Å². The van der Waals surface area contributed by atoms with E-state index in [1.807, 2.05) is 0 Å². The Hall–Kier alpha value is -1.02. The predicted molar refractivity (Wildman–Crippen MR) is 49.0 cm³/mol. The number of anilines is 1. The first kappa shape index (κ1) is 6.49. The van der Waals surface area contributed by atoms with Crippen LogP contribution in [-0.4, -0.2) is 19.6 Å². The number of benzene rings is 1. The van der Waals surface area contributed by atoms with E-state index in [2.05, 4.69) is 34.5 Å². The Morgan fingerprint density at radius 3 is 3.17 bits per heavy atom. The van der Waals surface area contributed by atoms with Gasteiger partial charge < -0.3 is 10.2 Å². The maximum absolute atomic E-state index is 3.38. The fraction of sp³-hybridized carbons (Fsp3) is 0.300. The summed E-state index contributed by atoms with van der Waals surface area (Å²) in [5, 5.41) is 3.38. The van der Waals surface area contributed by atoms with Crippen LogP contribution in [0.3, 0.4) is 0 Å². The molecule has 3 rings (SSSR count). The van der Waals surface area contributed by atoms with Gasteiger partial charge in [0.15, 0.2) is 0 Å². The van der Waals surface area contributed by atoms with E-state index in [0.717, 1.165) is 19.6 Å². The number of hydrogen-bond acceptors (Lipinski definition) is 2. The van der Waals surface area contributed by atoms with E-state index in [0.29, 0.717) is 0 Å². The quantitative estimate of drug-likeness (QED) is 0.607. The largest absolute Gasteiger partial charge is 0.356 e. The minimum absolute atomic E-state index is 1.04. The van der Waals surface area contributed by atoms with Crippen molar-refractivity contribution in [1.29, 1.82) is 0 Å². The number of hydrogen-bond donors (Lipinski definition) is 1. The van der Waals surface area contributed by atoms with E-state index in [1.54, 1.807) is 0 Å². The smallest absolute Gasteiger partial charge is 0.108 e. The summed E-state index contributed by atoms with van der Waals surface area (Å²) >= 11 is 0. The molecule has 1 fully saturated rings. The van der Waals surface area contributed by atoms with Crippen molar-refractivity contribution in [3.8, 4) is 0 Å². The molecule has 2 aliphatic rings. The van der Waals surface area contributed by atoms with Crippen molar-refractivity contribution in [1.82, 2.24) is 5.32 Å². The van der Waals surface area contributed by atoms with Gasteiger partial charge in [0, 0.05) is 30.9 Å². The van der Waals surface area contributed by atoms with Gasteiger partial charge in [0.25, 0.3) is 0 Å². The summed E-state index contributed by atoms with van der Waals surface area (Å²) in [6.45, 7) is 3.28. The summed E-state index contributed by atoms with van der Waals surface area (Å²) < 4.78 is 0. The lowest BCUT2D eigenvalue weighted by Gasteiger charge is -2.46. The van der Waals surface area contributed by atoms with Crippen molar-refractivity contribution >= 4 is 5.69 Å². The number of nitrogens with zero attached hydrogens (tertiary/aromatic N) is 1. The molecule has 1 aromatic rings. The van der Waals surface area contributed by atoms with Crippen molar-refractivity contribution in [2.24, 2.45) is 0 Å². The Kier molecular flexibility index (Phi) is 1.21. The molecule has 0 unspecified atom stereocenters. The Balaban J connectivity index is 2.03. The fourth-order valence-electron chi connectivity index (χ4n) is 2.03. The number of piperazine rings is 1. The van der Waals surface area contributed by atoms with Crippen molar-refractivity contribution in [2.45, 2.75) is 0 Å². The topological polar surface area (TPSA) is 15.3 Å². The van der Waals surface area contributed by atoms with Gasteiger partial charge in [-0.25, -0.2) is 0 Å². The van der Waals surface area contributed by atoms with Crippen molar-refractivity contribution in [3.63, 3.8) is 0 Å². The first-order valence-corrected chi connectivity index (χ1v) is 4.40. The summed E-state index contributed by atoms with van der Waals surface area (Å²) in [4.78, 5) is 2.41. The summed E-state index contributed by atoms with van der Waals surface area (Å²) in [5.41, 5.74) is 2.85. The molecule has 0 amide bonds. The Morgan fingerprint density at radius 1 is 1.25 bits per heavy atom. The minimum Gasteiger partial charge on any atom is -0.356 e. The van der Waals surface area contributed by atoms with Crippen LogP contribution in [0, 0.1) is 6.04 Å². The second-order valence-electron chi connectivity index (χ2n) is 3.29. The molecule has 1 aromatic carbocycles. The lowest BCUT2D eigenvalue weighted by atomic mass is 9.91. The molecule has 0 aromatic heterocycles. The van der Waals surface area contributed by atoms with Crippen LogP contribution in [0.4, 0.5) is 5.69 Å². The van der Waals surface area contributed by atoms with Gasteiger partial charge in [-0.15, -0.1) is 0 Å². The molecule has 2 heteroatoms. The van der Waals surface area contributed by atoms with Crippen LogP contribution in [0.1, 0.15) is 5.56 Å². The SMILES string of the molecule is c1ccc2c(c1)[C]1CNCCN12. The molecule has 0 spiro atoms. The van der Waals surface area contributed by atoms with Gasteiger partial charge in [-0.1, -0.05) is 18.2 Å². The lowest BCUT2D eigenvalue weighted by molar-refractivity contribution is 0.571. The highest BCUT2D eigenvalue weighted by atomic mass is 15.3. The van der Waals surface area contributed by atoms with Gasteiger partial charge in [-0.3, -0.25) is 0 Å². The first-order chi connectivity index (χ1) is 5.97. The third-order valence-corrected chi connectivity index (χ3v) is 2.64. The number of para-hydroxylation sites is 1. The van der Waals surface area contributed by atoms with Crippen LogP contribution in [0.25, 0.3) is 0 Å². The fourth-order valence-corrected chi connectivity index (χ4v) is 2.03. The number of rotatable bonds is 0. The molecule has 1 radical (unpaired) electrons. The summed E-state index contributed by atoms with van der Waals surface area (Å²) in [6, 6.07) is 10.1. The molecule has 12 heavy (non-hydrogen) atoms. The van der Waals surface area contributed by atoms with Crippen LogP contribution in [-0.2, 0) is 0 Å². The molecule has 2 heterocycles. The molecule has 1 N–H and O–H groups in total. The molecule has 2 aliphatic heterocycles. The average Bonchev–Trinajstić information content (AvgIpc) is 2.14. The maximum atomic E-state index is 3.38. The standard InChI is InChI=1S/C10H11N2/c1-2-4-9-8(3-1)10-7-11-5-6-12(9)10/h1-4,11H,5-7H2. The molecule has 0 bridgehead atoms. The highest BCUT2D eigenvalue weighted by Crippen LogP contribution is 2.42. The van der Waals surface area contributed by atoms with E-state index in [1.165, 1.54) is 17.3 Å². The Bertz CT molecular complexity index is 277. The van der Waals surface area contributed by atoms with Gasteiger partial charge >= 0.3 is 0 Å². The molecular weight excluding hydrogens is 148 g/mol. The van der Waals surface area contributed by atoms with E-state index in [-0.39, 0.29) is 0 Å². The first-order valence-electron chi connectivity index (χ1n) is 4.40. The summed E-state index contributed by atoms with van der Waals surface area (Å²) in [6.07, 6.45) is 0. The van der Waals surface area contributed by atoms with Crippen LogP contribution in [0.15, 0.2) is 24.3 Å². The highest BCUT2D eigenvalue weighted by molar-refractivity contribution is 5.74. The molecule has 0 aliphatic carbocycles. The van der Waals surface area contributed by atoms with Gasteiger partial charge in [0.1, 0.15) is 6.04 Å². The molecular formula is C10H11N2. The molecule has 0 atom stereocenters. The highest BCUT2D eigenvalue weighted by Gasteiger charge is 2.36. The van der Waals surface area contributed by atoms with E-state index < -0.39 is 0 Å². The Labute approximate surface area is 72.2 Å². The summed E-state index contributed by atoms with van der Waals surface area (Å²) in [7, 11) is 0. The van der Waals surface area contributed by atoms with Crippen LogP contribution >= 0.6 is 0 Å². The molecule has 1 saturated heterocycles. The number of fused-ring (bicyclic) bond motifs is 4. The van der Waals surface area contributed by atoms with E-state index in [4.69, 9.17) is 0 Å². The van der Waals surface area contributed by atoms with E-state index in [9.17, 15) is 0 Å². The number of nitrogens with one attached hydrogen (secondary N) is 1. The molecule has 0 saturated carbocycles. The maximum Gasteiger partial charge on any atom is 0.108 e. The lowest BCUT2D eigenvalue weighted by Crippen LogP contribution is -2.52. The molecule has 61 valence electrons. The second kappa shape index (κ2) is 2.23. The normalized spacial score (nSPS) is 21.2. The molecule has 2 nitrogen and oxygen atoms in total. The van der Waals surface area contributed by atoms with Gasteiger partial charge in [0.2, 0.25) is 0 Å². The van der Waals surface area contributed by atoms with Gasteiger partial charge in [0.05, 0.1) is 0 Å². The minimum atomic E-state index is 1.04. The van der Waals surface area contributed by atoms with Gasteiger partial charge in [-0.2, -0.15) is 0 Å². The average molecular weight is 159 g/mol. The van der Waals surface area contributed by atoms with Crippen molar-refractivity contribution < 1.29 is 0 Å². The van der Waals surface area contributed by atoms with E-state index >= 15 is 0 Å². The third kappa shape index (κ3) is 0.681. The van der Waals surface area contributed by atoms with Crippen LogP contribution in [0.5, 0.6) is 0 Å². The van der Waals surface area contributed by atoms with Crippen molar-refractivity contribution in [3.05, 3.63) is 35.9 Å². The van der Waals surface area contributed by atoms with Crippen LogP contribution in [0.2, 0.25) is 0 Å². The summed E-state index contributed by atoms with van der Waals surface area (Å²) in [5.74, 6) is 0. The third-order valence-electron chi connectivity index (χ3n) is 2.64. The zero-order valence-corrected chi connectivity index (χ0v) is 6.88. The van der Waals surface area contributed by atoms with Crippen LogP contribution < -0.4 is 10.2 Å². The van der Waals surface area contributed by atoms with Crippen molar-refractivity contribution in [2.75, 3.05) is 24.5 Å². The zero-order valence-electron chi connectivity index (χ0n) is 6.88. The zero-order chi connectivity index (χ0) is 7.97. The predicted octanol–water partition coefficient (Wildman–Crippen LogP) is 0.990. The Morgan fingerprint density at radius 2 is 2.17 bits per heavy atom. The monoisotopic (exact) mass is 159 g/mol. The second-order valence-corrected chi connectivity index (χ2v) is 3.29.